The number of rotatable bonds is 9. The Morgan fingerprint density at radius 2 is 2.13 bits per heavy atom. The average molecular weight is 439 g/mol. The molecule has 1 N–H and O–H groups in total. The smallest absolute Gasteiger partial charge is 0.310 e. The molecule has 3 saturated heterocycles. The van der Waals surface area contributed by atoms with E-state index in [9.17, 15) is 19.5 Å². The first-order chi connectivity index (χ1) is 14.3. The third kappa shape index (κ3) is 3.36. The van der Waals surface area contributed by atoms with Gasteiger partial charge in [-0.25, -0.2) is 0 Å². The maximum atomic E-state index is 13.9. The monoisotopic (exact) mass is 438 g/mol. The van der Waals surface area contributed by atoms with Crippen LogP contribution in [0.25, 0.3) is 0 Å². The Kier molecular flexibility index (Phi) is 6.87. The van der Waals surface area contributed by atoms with Crippen molar-refractivity contribution >= 4 is 29.5 Å². The van der Waals surface area contributed by atoms with E-state index < -0.39 is 28.7 Å². The summed E-state index contributed by atoms with van der Waals surface area (Å²) in [5, 5.41) is 10.0. The molecular weight excluding hydrogens is 404 g/mol. The van der Waals surface area contributed by atoms with Crippen LogP contribution in [0.3, 0.4) is 0 Å². The van der Waals surface area contributed by atoms with Crippen molar-refractivity contribution in [1.29, 1.82) is 0 Å². The van der Waals surface area contributed by atoms with Crippen molar-refractivity contribution in [3.63, 3.8) is 0 Å². The minimum atomic E-state index is -0.691. The Labute approximate surface area is 183 Å². The topological polar surface area (TPSA) is 87.2 Å². The lowest BCUT2D eigenvalue weighted by Gasteiger charge is -2.40. The van der Waals surface area contributed by atoms with E-state index in [2.05, 4.69) is 6.58 Å². The van der Waals surface area contributed by atoms with Gasteiger partial charge in [-0.3, -0.25) is 14.4 Å². The van der Waals surface area contributed by atoms with Crippen molar-refractivity contribution in [2.24, 2.45) is 11.8 Å². The molecule has 0 radical (unpaired) electrons. The van der Waals surface area contributed by atoms with Crippen LogP contribution in [0.5, 0.6) is 0 Å². The maximum absolute atomic E-state index is 13.9. The lowest BCUT2D eigenvalue weighted by molar-refractivity contribution is -0.154. The van der Waals surface area contributed by atoms with Gasteiger partial charge in [0.05, 0.1) is 35.8 Å². The van der Waals surface area contributed by atoms with Crippen LogP contribution in [0.15, 0.2) is 12.7 Å². The quantitative estimate of drug-likeness (QED) is 0.437. The minimum absolute atomic E-state index is 0.00319. The number of esters is 1. The standard InChI is InChI=1S/C22H34N2O5S/c1-6-11-23(13(4)5)20(27)18-22-10-9-15(30-22)16(21(28)29-8-3)17(22)19(26)24(18)14(7-2)12-25/h6,13-18,25H,1,7-12H2,2-5H3/t14-,15-,16+,17-,18?,22?/m0/s1. The molecule has 3 aliphatic heterocycles. The van der Waals surface area contributed by atoms with Gasteiger partial charge in [0.2, 0.25) is 11.8 Å². The van der Waals surface area contributed by atoms with Gasteiger partial charge in [0.15, 0.2) is 0 Å². The normalized spacial score (nSPS) is 33.0. The Bertz CT molecular complexity index is 710. The summed E-state index contributed by atoms with van der Waals surface area (Å²) < 4.78 is 4.67. The van der Waals surface area contributed by atoms with Gasteiger partial charge in [0, 0.05) is 17.8 Å². The first kappa shape index (κ1) is 23.1. The zero-order valence-electron chi connectivity index (χ0n) is 18.4. The Morgan fingerprint density at radius 3 is 2.67 bits per heavy atom. The number of amides is 2. The van der Waals surface area contributed by atoms with Crippen molar-refractivity contribution in [1.82, 2.24) is 9.80 Å². The van der Waals surface area contributed by atoms with E-state index >= 15 is 0 Å². The number of ether oxygens (including phenoxy) is 1. The number of carbonyl (C=O) groups excluding carboxylic acids is 3. The van der Waals surface area contributed by atoms with E-state index in [1.165, 1.54) is 0 Å². The molecule has 2 bridgehead atoms. The number of thioether (sulfide) groups is 1. The van der Waals surface area contributed by atoms with E-state index in [4.69, 9.17) is 4.74 Å². The minimum Gasteiger partial charge on any atom is -0.466 e. The van der Waals surface area contributed by atoms with Gasteiger partial charge in [-0.1, -0.05) is 13.0 Å². The van der Waals surface area contributed by atoms with Crippen LogP contribution in [-0.4, -0.2) is 80.6 Å². The molecule has 30 heavy (non-hydrogen) atoms. The highest BCUT2D eigenvalue weighted by Gasteiger charge is 2.74. The van der Waals surface area contributed by atoms with Crippen LogP contribution < -0.4 is 0 Å². The molecule has 3 heterocycles. The molecular formula is C22H34N2O5S. The molecule has 7 nitrogen and oxygen atoms in total. The molecule has 3 rings (SSSR count). The van der Waals surface area contributed by atoms with Gasteiger partial charge < -0.3 is 19.6 Å². The number of likely N-dealkylation sites (tertiary alicyclic amines) is 1. The van der Waals surface area contributed by atoms with E-state index in [1.54, 1.807) is 34.6 Å². The summed E-state index contributed by atoms with van der Waals surface area (Å²) in [4.78, 5) is 43.7. The number of fused-ring (bicyclic) bond motifs is 1. The van der Waals surface area contributed by atoms with E-state index in [-0.39, 0.29) is 42.3 Å². The van der Waals surface area contributed by atoms with Crippen LogP contribution in [0.4, 0.5) is 0 Å². The van der Waals surface area contributed by atoms with E-state index in [0.717, 1.165) is 6.42 Å². The first-order valence-corrected chi connectivity index (χ1v) is 11.9. The van der Waals surface area contributed by atoms with Crippen molar-refractivity contribution in [2.45, 2.75) is 75.1 Å². The summed E-state index contributed by atoms with van der Waals surface area (Å²) in [5.74, 6) is -1.76. The molecule has 0 aromatic carbocycles. The summed E-state index contributed by atoms with van der Waals surface area (Å²) in [7, 11) is 0. The van der Waals surface area contributed by atoms with Crippen molar-refractivity contribution in [3.8, 4) is 0 Å². The molecule has 2 unspecified atom stereocenters. The van der Waals surface area contributed by atoms with Gasteiger partial charge in [-0.05, 0) is 40.0 Å². The number of carbonyl (C=O) groups is 3. The molecule has 8 heteroatoms. The van der Waals surface area contributed by atoms with Crippen molar-refractivity contribution in [2.75, 3.05) is 19.8 Å². The van der Waals surface area contributed by atoms with E-state index in [1.807, 2.05) is 20.8 Å². The highest BCUT2D eigenvalue weighted by Crippen LogP contribution is 2.67. The molecule has 168 valence electrons. The fourth-order valence-electron chi connectivity index (χ4n) is 5.54. The Hall–Kier alpha value is -1.54. The number of aliphatic hydroxyl groups excluding tert-OH is 1. The molecule has 0 aromatic rings. The largest absolute Gasteiger partial charge is 0.466 e. The maximum Gasteiger partial charge on any atom is 0.310 e. The third-order valence-corrected chi connectivity index (χ3v) is 8.79. The van der Waals surface area contributed by atoms with Crippen molar-refractivity contribution < 1.29 is 24.2 Å². The predicted octanol–water partition coefficient (Wildman–Crippen LogP) is 1.83. The molecule has 0 aromatic heterocycles. The lowest BCUT2D eigenvalue weighted by Crippen LogP contribution is -2.58. The summed E-state index contributed by atoms with van der Waals surface area (Å²) >= 11 is 1.62. The fraction of sp³-hybridized carbons (Fsp3) is 0.773. The van der Waals surface area contributed by atoms with Crippen LogP contribution in [0.2, 0.25) is 0 Å². The second-order valence-electron chi connectivity index (χ2n) is 8.67. The van der Waals surface area contributed by atoms with Crippen molar-refractivity contribution in [3.05, 3.63) is 12.7 Å². The Morgan fingerprint density at radius 1 is 1.43 bits per heavy atom. The third-order valence-electron chi connectivity index (χ3n) is 6.84. The fourth-order valence-corrected chi connectivity index (χ4v) is 7.72. The number of hydrogen-bond donors (Lipinski definition) is 1. The molecule has 6 atom stereocenters. The summed E-state index contributed by atoms with van der Waals surface area (Å²) in [6.07, 6.45) is 3.73. The van der Waals surface area contributed by atoms with Crippen LogP contribution >= 0.6 is 11.8 Å². The Balaban J connectivity index is 2.08. The first-order valence-electron chi connectivity index (χ1n) is 11.0. The zero-order valence-corrected chi connectivity index (χ0v) is 19.2. The van der Waals surface area contributed by atoms with E-state index in [0.29, 0.717) is 19.4 Å². The molecule has 0 aliphatic carbocycles. The summed E-state index contributed by atoms with van der Waals surface area (Å²) in [6.45, 7) is 11.8. The van der Waals surface area contributed by atoms with Gasteiger partial charge >= 0.3 is 5.97 Å². The van der Waals surface area contributed by atoms with Crippen LogP contribution in [0.1, 0.15) is 47.0 Å². The molecule has 0 saturated carbocycles. The second kappa shape index (κ2) is 8.91. The highest BCUT2D eigenvalue weighted by molar-refractivity contribution is 8.02. The summed E-state index contributed by atoms with van der Waals surface area (Å²) in [6, 6.07) is -1.20. The lowest BCUT2D eigenvalue weighted by atomic mass is 9.71. The van der Waals surface area contributed by atoms with Crippen LogP contribution in [-0.2, 0) is 19.1 Å². The van der Waals surface area contributed by atoms with Gasteiger partial charge in [0.1, 0.15) is 6.04 Å². The average Bonchev–Trinajstić information content (AvgIpc) is 3.34. The van der Waals surface area contributed by atoms with Crippen LogP contribution in [0, 0.1) is 11.8 Å². The molecule has 3 aliphatic rings. The number of nitrogens with zero attached hydrogens (tertiary/aromatic N) is 2. The van der Waals surface area contributed by atoms with Gasteiger partial charge in [-0.15, -0.1) is 18.3 Å². The molecule has 1 spiro atoms. The predicted molar refractivity (Wildman–Crippen MR) is 116 cm³/mol. The zero-order chi connectivity index (χ0) is 22.2. The van der Waals surface area contributed by atoms with Gasteiger partial charge in [-0.2, -0.15) is 0 Å². The molecule has 2 amide bonds. The molecule has 3 fully saturated rings. The summed E-state index contributed by atoms with van der Waals surface area (Å²) in [5.41, 5.74) is 0. The second-order valence-corrected chi connectivity index (χ2v) is 10.3. The van der Waals surface area contributed by atoms with Gasteiger partial charge in [0.25, 0.3) is 0 Å². The number of hydrogen-bond acceptors (Lipinski definition) is 6. The highest BCUT2D eigenvalue weighted by atomic mass is 32.2. The number of aliphatic hydroxyl groups is 1. The SMILES string of the molecule is C=CCN(C(=O)C1N([C@@H](CC)CO)C(=O)[C@@H]2[C@H](C(=O)OCC)[C@@H]3CCC12S3)C(C)C.